The fraction of sp³-hybridized carbons (Fsp3) is 0.842. The molecule has 24 heavy (non-hydrogen) atoms. The first kappa shape index (κ1) is 17.4. The maximum absolute atomic E-state index is 12.3. The Morgan fingerprint density at radius 3 is 2.38 bits per heavy atom. The molecule has 134 valence electrons. The molecule has 0 spiro atoms. The molecule has 5 heteroatoms. The molecule has 3 aliphatic carbocycles. The van der Waals surface area contributed by atoms with Gasteiger partial charge in [0.05, 0.1) is 5.92 Å². The second-order valence-electron chi connectivity index (χ2n) is 7.94. The van der Waals surface area contributed by atoms with E-state index >= 15 is 0 Å². The first-order valence-corrected chi connectivity index (χ1v) is 9.54. The summed E-state index contributed by atoms with van der Waals surface area (Å²) in [6.45, 7) is 1.97. The van der Waals surface area contributed by atoms with Gasteiger partial charge >= 0.3 is 5.97 Å². The molecular weight excluding hydrogens is 306 g/mol. The van der Waals surface area contributed by atoms with Crippen LogP contribution < -0.4 is 5.32 Å². The average Bonchev–Trinajstić information content (AvgIpc) is 2.54. The Kier molecular flexibility index (Phi) is 5.57. The quantitative estimate of drug-likeness (QED) is 0.802. The van der Waals surface area contributed by atoms with Crippen molar-refractivity contribution in [3.63, 3.8) is 0 Å². The van der Waals surface area contributed by atoms with Crippen molar-refractivity contribution in [2.75, 3.05) is 6.61 Å². The number of esters is 1. The summed E-state index contributed by atoms with van der Waals surface area (Å²) >= 11 is 0. The van der Waals surface area contributed by atoms with E-state index in [1.807, 2.05) is 0 Å². The number of rotatable bonds is 4. The van der Waals surface area contributed by atoms with E-state index < -0.39 is 0 Å². The van der Waals surface area contributed by atoms with Crippen molar-refractivity contribution in [1.29, 1.82) is 0 Å². The lowest BCUT2D eigenvalue weighted by molar-refractivity contribution is -0.157. The Morgan fingerprint density at radius 1 is 1.04 bits per heavy atom. The van der Waals surface area contributed by atoms with Gasteiger partial charge in [-0.3, -0.25) is 14.4 Å². The summed E-state index contributed by atoms with van der Waals surface area (Å²) in [6.07, 6.45) is 8.63. The SMILES string of the molecule is C[C@@H]1CCCC[C@@H]1NC(=O)COC(=O)C1C[C@@H]2CCC[C@@H](C1)C2=O. The molecule has 0 aromatic carbocycles. The van der Waals surface area contributed by atoms with Gasteiger partial charge in [-0.05, 0) is 44.4 Å². The van der Waals surface area contributed by atoms with Crippen LogP contribution >= 0.6 is 0 Å². The first-order chi connectivity index (χ1) is 11.5. The van der Waals surface area contributed by atoms with Crippen molar-refractivity contribution >= 4 is 17.7 Å². The Labute approximate surface area is 143 Å². The van der Waals surface area contributed by atoms with Crippen LogP contribution in [0.25, 0.3) is 0 Å². The van der Waals surface area contributed by atoms with Crippen LogP contribution in [0.5, 0.6) is 0 Å². The van der Waals surface area contributed by atoms with Crippen molar-refractivity contribution in [1.82, 2.24) is 5.32 Å². The number of hydrogen-bond donors (Lipinski definition) is 1. The molecule has 4 atom stereocenters. The highest BCUT2D eigenvalue weighted by atomic mass is 16.5. The molecule has 3 fully saturated rings. The number of Topliss-reactive ketones (excluding diaryl/α,β-unsaturated/α-hetero) is 1. The predicted octanol–water partition coefficient (Wildman–Crippen LogP) is 2.62. The van der Waals surface area contributed by atoms with E-state index in [-0.39, 0.29) is 42.3 Å². The van der Waals surface area contributed by atoms with E-state index in [0.29, 0.717) is 24.5 Å². The van der Waals surface area contributed by atoms with Crippen molar-refractivity contribution < 1.29 is 19.1 Å². The first-order valence-electron chi connectivity index (χ1n) is 9.54. The molecule has 0 radical (unpaired) electrons. The molecule has 0 aromatic heterocycles. The Bertz CT molecular complexity index is 488. The molecule has 3 rings (SSSR count). The van der Waals surface area contributed by atoms with E-state index in [9.17, 15) is 14.4 Å². The van der Waals surface area contributed by atoms with Crippen LogP contribution in [0.15, 0.2) is 0 Å². The molecule has 0 heterocycles. The summed E-state index contributed by atoms with van der Waals surface area (Å²) in [5.41, 5.74) is 0. The van der Waals surface area contributed by atoms with Crippen LogP contribution in [0.4, 0.5) is 0 Å². The van der Waals surface area contributed by atoms with Gasteiger partial charge in [0.1, 0.15) is 5.78 Å². The third kappa shape index (κ3) is 3.98. The average molecular weight is 335 g/mol. The Morgan fingerprint density at radius 2 is 1.71 bits per heavy atom. The highest BCUT2D eigenvalue weighted by Crippen LogP contribution is 2.40. The van der Waals surface area contributed by atoms with Crippen LogP contribution in [-0.4, -0.2) is 30.3 Å². The fourth-order valence-electron chi connectivity index (χ4n) is 4.71. The number of nitrogens with one attached hydrogen (secondary N) is 1. The van der Waals surface area contributed by atoms with Crippen molar-refractivity contribution in [2.24, 2.45) is 23.7 Å². The topological polar surface area (TPSA) is 72.5 Å². The summed E-state index contributed by atoms with van der Waals surface area (Å²) < 4.78 is 5.26. The number of amides is 1. The predicted molar refractivity (Wildman–Crippen MR) is 89.1 cm³/mol. The van der Waals surface area contributed by atoms with Gasteiger partial charge in [-0.1, -0.05) is 26.2 Å². The lowest BCUT2D eigenvalue weighted by Gasteiger charge is -2.36. The zero-order valence-corrected chi connectivity index (χ0v) is 14.6. The molecule has 0 unspecified atom stereocenters. The van der Waals surface area contributed by atoms with E-state index in [1.54, 1.807) is 0 Å². The number of ether oxygens (including phenoxy) is 1. The summed E-state index contributed by atoms with van der Waals surface area (Å²) in [7, 11) is 0. The number of ketones is 1. The summed E-state index contributed by atoms with van der Waals surface area (Å²) in [5, 5.41) is 3.00. The van der Waals surface area contributed by atoms with Gasteiger partial charge in [0.2, 0.25) is 0 Å². The van der Waals surface area contributed by atoms with Crippen molar-refractivity contribution in [2.45, 2.75) is 70.8 Å². The monoisotopic (exact) mass is 335 g/mol. The molecule has 0 aliphatic heterocycles. The van der Waals surface area contributed by atoms with Crippen molar-refractivity contribution in [3.8, 4) is 0 Å². The van der Waals surface area contributed by atoms with E-state index in [1.165, 1.54) is 6.42 Å². The minimum Gasteiger partial charge on any atom is -0.455 e. The van der Waals surface area contributed by atoms with Gasteiger partial charge < -0.3 is 10.1 Å². The second kappa shape index (κ2) is 7.66. The Balaban J connectivity index is 1.43. The fourth-order valence-corrected chi connectivity index (χ4v) is 4.71. The lowest BCUT2D eigenvalue weighted by atomic mass is 9.67. The molecule has 1 amide bonds. The maximum Gasteiger partial charge on any atom is 0.309 e. The van der Waals surface area contributed by atoms with E-state index in [2.05, 4.69) is 12.2 Å². The zero-order valence-electron chi connectivity index (χ0n) is 14.6. The minimum atomic E-state index is -0.300. The third-order valence-electron chi connectivity index (χ3n) is 6.18. The normalized spacial score (nSPS) is 36.0. The third-order valence-corrected chi connectivity index (χ3v) is 6.18. The highest BCUT2D eigenvalue weighted by Gasteiger charge is 2.41. The van der Waals surface area contributed by atoms with Crippen LogP contribution in [0.2, 0.25) is 0 Å². The summed E-state index contributed by atoms with van der Waals surface area (Å²) in [4.78, 5) is 36.4. The van der Waals surface area contributed by atoms with Gasteiger partial charge in [-0.15, -0.1) is 0 Å². The van der Waals surface area contributed by atoms with Crippen molar-refractivity contribution in [3.05, 3.63) is 0 Å². The molecule has 3 aliphatic rings. The minimum absolute atomic E-state index is 0.0342. The maximum atomic E-state index is 12.3. The molecule has 0 aromatic rings. The Hall–Kier alpha value is -1.39. The number of carbonyl (C=O) groups is 3. The smallest absolute Gasteiger partial charge is 0.309 e. The number of hydrogen-bond acceptors (Lipinski definition) is 4. The van der Waals surface area contributed by atoms with Gasteiger partial charge in [0, 0.05) is 17.9 Å². The second-order valence-corrected chi connectivity index (χ2v) is 7.94. The summed E-state index contributed by atoms with van der Waals surface area (Å²) in [5.74, 6) is 0.190. The van der Waals surface area contributed by atoms with Gasteiger partial charge in [-0.2, -0.15) is 0 Å². The molecule has 1 N–H and O–H groups in total. The van der Waals surface area contributed by atoms with Gasteiger partial charge in [0.25, 0.3) is 5.91 Å². The molecule has 5 nitrogen and oxygen atoms in total. The zero-order chi connectivity index (χ0) is 17.1. The largest absolute Gasteiger partial charge is 0.455 e. The van der Waals surface area contributed by atoms with Crippen LogP contribution in [0.1, 0.15) is 64.7 Å². The van der Waals surface area contributed by atoms with Crippen LogP contribution in [0.3, 0.4) is 0 Å². The van der Waals surface area contributed by atoms with Crippen LogP contribution in [-0.2, 0) is 19.1 Å². The van der Waals surface area contributed by atoms with Gasteiger partial charge in [-0.25, -0.2) is 0 Å². The molecule has 0 saturated heterocycles. The highest BCUT2D eigenvalue weighted by molar-refractivity contribution is 5.88. The molecule has 3 saturated carbocycles. The van der Waals surface area contributed by atoms with E-state index in [0.717, 1.165) is 38.5 Å². The molecule has 2 bridgehead atoms. The molecular formula is C19H29NO4. The summed E-state index contributed by atoms with van der Waals surface area (Å²) in [6, 6.07) is 0.205. The number of fused-ring (bicyclic) bond motifs is 2. The van der Waals surface area contributed by atoms with E-state index in [4.69, 9.17) is 4.74 Å². The van der Waals surface area contributed by atoms with Gasteiger partial charge in [0.15, 0.2) is 6.61 Å². The lowest BCUT2D eigenvalue weighted by Crippen LogP contribution is -2.44. The standard InChI is InChI=1S/C19H29NO4/c1-12-5-2-3-8-16(12)20-17(21)11-24-19(23)15-9-13-6-4-7-14(10-15)18(13)22/h12-16H,2-11H2,1H3,(H,20,21)/t12-,13+,14+,16+/m1/s1. The number of carbonyl (C=O) groups excluding carboxylic acids is 3. The van der Waals surface area contributed by atoms with Crippen LogP contribution in [0, 0.1) is 23.7 Å².